The minimum absolute atomic E-state index is 0.172. The number of hydrogen-bond donors (Lipinski definition) is 3. The molecule has 3 N–H and O–H groups in total. The summed E-state index contributed by atoms with van der Waals surface area (Å²) in [5.41, 5.74) is 5.61. The smallest absolute Gasteiger partial charge is 0.256 e. The molecule has 7 heteroatoms. The number of likely N-dealkylation sites (tertiary alicyclic amines) is 1. The van der Waals surface area contributed by atoms with Crippen LogP contribution < -0.4 is 10.6 Å². The van der Waals surface area contributed by atoms with Gasteiger partial charge in [0.05, 0.1) is 11.2 Å². The van der Waals surface area contributed by atoms with E-state index in [1.807, 2.05) is 48.5 Å². The highest BCUT2D eigenvalue weighted by atomic mass is 16.1. The van der Waals surface area contributed by atoms with Gasteiger partial charge in [0.2, 0.25) is 0 Å². The molecule has 5 aromatic rings. The van der Waals surface area contributed by atoms with E-state index >= 15 is 0 Å². The van der Waals surface area contributed by atoms with Crippen LogP contribution in [0.15, 0.2) is 91.1 Å². The fourth-order valence-electron chi connectivity index (χ4n) is 4.94. The summed E-state index contributed by atoms with van der Waals surface area (Å²) in [6, 6.07) is 28.7. The number of aromatic amines is 1. The number of amides is 1. The van der Waals surface area contributed by atoms with E-state index in [2.05, 4.69) is 79.9 Å². The van der Waals surface area contributed by atoms with Crippen LogP contribution in [0.25, 0.3) is 27.8 Å². The summed E-state index contributed by atoms with van der Waals surface area (Å²) < 4.78 is 2.17. The second-order valence-corrected chi connectivity index (χ2v) is 9.72. The van der Waals surface area contributed by atoms with Crippen LogP contribution in [0.3, 0.4) is 0 Å². The lowest BCUT2D eigenvalue weighted by Gasteiger charge is -2.30. The van der Waals surface area contributed by atoms with Gasteiger partial charge in [-0.15, -0.1) is 0 Å². The van der Waals surface area contributed by atoms with Crippen LogP contribution in [0.4, 0.5) is 11.5 Å². The fourth-order valence-corrected chi connectivity index (χ4v) is 4.94. The Hall–Kier alpha value is -4.36. The quantitative estimate of drug-likeness (QED) is 0.282. The Bertz CT molecular complexity index is 1510. The standard InChI is InChI=1S/C30H30N6O/c1-35-16-14-25(15-17-35)31-24-11-9-22(10-12-24)30(37)32-29-20-27(33-34-29)23-8-7-21-13-18-36(28(21)19-23)26-5-3-2-4-6-26/h2-13,18-20,25,31H,14-17H2,1H3,(H2,32,33,34,37). The Kier molecular flexibility index (Phi) is 6.20. The first-order valence-corrected chi connectivity index (χ1v) is 12.7. The van der Waals surface area contributed by atoms with Crippen LogP contribution in [-0.4, -0.2) is 51.8 Å². The van der Waals surface area contributed by atoms with Gasteiger partial charge in [0, 0.05) is 40.8 Å². The number of anilines is 2. The number of aromatic nitrogens is 3. The zero-order valence-corrected chi connectivity index (χ0v) is 20.8. The van der Waals surface area contributed by atoms with Crippen LogP contribution >= 0.6 is 0 Å². The molecule has 186 valence electrons. The highest BCUT2D eigenvalue weighted by molar-refractivity contribution is 6.04. The number of carbonyl (C=O) groups is 1. The molecule has 3 heterocycles. The van der Waals surface area contributed by atoms with E-state index in [-0.39, 0.29) is 5.91 Å². The summed E-state index contributed by atoms with van der Waals surface area (Å²) >= 11 is 0. The van der Waals surface area contributed by atoms with Gasteiger partial charge in [-0.05, 0) is 86.9 Å². The number of H-pyrrole nitrogens is 1. The lowest BCUT2D eigenvalue weighted by molar-refractivity contribution is 0.102. The van der Waals surface area contributed by atoms with Crippen LogP contribution in [-0.2, 0) is 0 Å². The first-order valence-electron chi connectivity index (χ1n) is 12.7. The molecule has 0 unspecified atom stereocenters. The van der Waals surface area contributed by atoms with E-state index in [4.69, 9.17) is 0 Å². The summed E-state index contributed by atoms with van der Waals surface area (Å²) in [6.45, 7) is 2.22. The Balaban J connectivity index is 1.14. The molecule has 1 aliphatic heterocycles. The number of fused-ring (bicyclic) bond motifs is 1. The number of hydrogen-bond acceptors (Lipinski definition) is 4. The van der Waals surface area contributed by atoms with Gasteiger partial charge in [-0.2, -0.15) is 5.10 Å². The number of nitrogens with one attached hydrogen (secondary N) is 3. The molecule has 7 nitrogen and oxygen atoms in total. The van der Waals surface area contributed by atoms with E-state index in [9.17, 15) is 4.79 Å². The molecular weight excluding hydrogens is 460 g/mol. The third kappa shape index (κ3) is 4.99. The normalized spacial score (nSPS) is 14.6. The predicted molar refractivity (Wildman–Crippen MR) is 149 cm³/mol. The average molecular weight is 491 g/mol. The lowest BCUT2D eigenvalue weighted by Crippen LogP contribution is -2.36. The van der Waals surface area contributed by atoms with Crippen molar-refractivity contribution in [1.82, 2.24) is 19.7 Å². The van der Waals surface area contributed by atoms with Crippen molar-refractivity contribution in [2.75, 3.05) is 30.8 Å². The van der Waals surface area contributed by atoms with Crippen molar-refractivity contribution in [3.63, 3.8) is 0 Å². The molecule has 3 aromatic carbocycles. The number of carbonyl (C=O) groups excluding carboxylic acids is 1. The molecular formula is C30H30N6O. The molecule has 0 atom stereocenters. The van der Waals surface area contributed by atoms with E-state index in [1.54, 1.807) is 0 Å². The maximum Gasteiger partial charge on any atom is 0.256 e. The second-order valence-electron chi connectivity index (χ2n) is 9.72. The highest BCUT2D eigenvalue weighted by Crippen LogP contribution is 2.27. The highest BCUT2D eigenvalue weighted by Gasteiger charge is 2.16. The summed E-state index contributed by atoms with van der Waals surface area (Å²) in [7, 11) is 2.16. The van der Waals surface area contributed by atoms with Gasteiger partial charge >= 0.3 is 0 Å². The minimum atomic E-state index is -0.172. The zero-order chi connectivity index (χ0) is 25.2. The molecule has 6 rings (SSSR count). The van der Waals surface area contributed by atoms with E-state index in [1.165, 1.54) is 0 Å². The maximum atomic E-state index is 12.9. The average Bonchev–Trinajstić information content (AvgIpc) is 3.58. The fraction of sp³-hybridized carbons (Fsp3) is 0.200. The van der Waals surface area contributed by atoms with Crippen molar-refractivity contribution in [2.24, 2.45) is 0 Å². The monoisotopic (exact) mass is 490 g/mol. The Morgan fingerprint density at radius 1 is 0.946 bits per heavy atom. The van der Waals surface area contributed by atoms with Crippen LogP contribution in [0.5, 0.6) is 0 Å². The maximum absolute atomic E-state index is 12.9. The Morgan fingerprint density at radius 2 is 1.73 bits per heavy atom. The van der Waals surface area contributed by atoms with Crippen LogP contribution in [0.2, 0.25) is 0 Å². The molecule has 0 radical (unpaired) electrons. The first-order chi connectivity index (χ1) is 18.1. The topological polar surface area (TPSA) is 78.0 Å². The number of nitrogens with zero attached hydrogens (tertiary/aromatic N) is 3. The second kappa shape index (κ2) is 9.95. The van der Waals surface area contributed by atoms with E-state index in [0.717, 1.165) is 59.5 Å². The lowest BCUT2D eigenvalue weighted by atomic mass is 10.0. The molecule has 0 bridgehead atoms. The largest absolute Gasteiger partial charge is 0.382 e. The van der Waals surface area contributed by atoms with Crippen molar-refractivity contribution >= 4 is 28.3 Å². The molecule has 1 saturated heterocycles. The van der Waals surface area contributed by atoms with Gasteiger partial charge in [-0.3, -0.25) is 9.89 Å². The van der Waals surface area contributed by atoms with Crippen molar-refractivity contribution < 1.29 is 4.79 Å². The molecule has 0 saturated carbocycles. The SMILES string of the molecule is CN1CCC(Nc2ccc(C(=O)Nc3cc(-c4ccc5ccn(-c6ccccc6)c5c4)n[nH]3)cc2)CC1. The molecule has 2 aromatic heterocycles. The van der Waals surface area contributed by atoms with Gasteiger partial charge < -0.3 is 20.1 Å². The van der Waals surface area contributed by atoms with Gasteiger partial charge in [0.1, 0.15) is 5.82 Å². The van der Waals surface area contributed by atoms with E-state index in [0.29, 0.717) is 17.4 Å². The van der Waals surface area contributed by atoms with Gasteiger partial charge in [-0.1, -0.05) is 30.3 Å². The predicted octanol–water partition coefficient (Wildman–Crippen LogP) is 5.78. The van der Waals surface area contributed by atoms with Crippen molar-refractivity contribution in [1.29, 1.82) is 0 Å². The molecule has 0 spiro atoms. The first kappa shape index (κ1) is 23.1. The summed E-state index contributed by atoms with van der Waals surface area (Å²) in [5, 5.41) is 15.1. The summed E-state index contributed by atoms with van der Waals surface area (Å²) in [4.78, 5) is 15.2. The summed E-state index contributed by atoms with van der Waals surface area (Å²) in [6.07, 6.45) is 4.34. The Labute approximate surface area is 216 Å². The third-order valence-corrected chi connectivity index (χ3v) is 7.09. The molecule has 1 amide bonds. The molecule has 0 aliphatic carbocycles. The molecule has 1 fully saturated rings. The number of para-hydroxylation sites is 1. The number of piperidine rings is 1. The molecule has 37 heavy (non-hydrogen) atoms. The zero-order valence-electron chi connectivity index (χ0n) is 20.8. The summed E-state index contributed by atoms with van der Waals surface area (Å²) in [5.74, 6) is 0.390. The van der Waals surface area contributed by atoms with Gasteiger partial charge in [0.25, 0.3) is 5.91 Å². The van der Waals surface area contributed by atoms with Crippen molar-refractivity contribution in [3.8, 4) is 16.9 Å². The Morgan fingerprint density at radius 3 is 2.51 bits per heavy atom. The van der Waals surface area contributed by atoms with Crippen molar-refractivity contribution in [2.45, 2.75) is 18.9 Å². The van der Waals surface area contributed by atoms with Gasteiger partial charge in [-0.25, -0.2) is 0 Å². The third-order valence-electron chi connectivity index (χ3n) is 7.09. The van der Waals surface area contributed by atoms with Crippen LogP contribution in [0.1, 0.15) is 23.2 Å². The molecule has 1 aliphatic rings. The van der Waals surface area contributed by atoms with Gasteiger partial charge in [0.15, 0.2) is 0 Å². The number of rotatable bonds is 6. The van der Waals surface area contributed by atoms with Crippen LogP contribution in [0, 0.1) is 0 Å². The minimum Gasteiger partial charge on any atom is -0.382 e. The number of benzene rings is 3. The van der Waals surface area contributed by atoms with E-state index < -0.39 is 0 Å². The van der Waals surface area contributed by atoms with Crippen molar-refractivity contribution in [3.05, 3.63) is 96.7 Å².